The van der Waals surface area contributed by atoms with Crippen molar-refractivity contribution in [3.8, 4) is 0 Å². The summed E-state index contributed by atoms with van der Waals surface area (Å²) >= 11 is 28.1. The van der Waals surface area contributed by atoms with Crippen LogP contribution in [0.2, 0.25) is 11.6 Å². The number of halogens is 5. The highest BCUT2D eigenvalue weighted by Crippen LogP contribution is 2.34. The van der Waals surface area contributed by atoms with Gasteiger partial charge in [-0.3, -0.25) is 0 Å². The fraction of sp³-hybridized carbons (Fsp3) is 1.00. The lowest BCUT2D eigenvalue weighted by Gasteiger charge is -2.15. The molecule has 0 aliphatic rings. The molecule has 10 heavy (non-hydrogen) atoms. The van der Waals surface area contributed by atoms with E-state index in [1.165, 1.54) is 0 Å². The summed E-state index contributed by atoms with van der Waals surface area (Å²) in [5, 5.41) is 0. The van der Waals surface area contributed by atoms with E-state index in [4.69, 9.17) is 56.4 Å². The summed E-state index contributed by atoms with van der Waals surface area (Å²) in [4.78, 5) is -0.380. The summed E-state index contributed by atoms with van der Waals surface area (Å²) in [6.45, 7) is 0. The molecule has 0 aromatic rings. The van der Waals surface area contributed by atoms with Crippen LogP contribution in [0.15, 0.2) is 0 Å². The Kier molecular flexibility index (Phi) is 5.70. The summed E-state index contributed by atoms with van der Waals surface area (Å²) in [5.74, 6) is 0. The minimum absolute atomic E-state index is 0.197. The molecule has 0 radical (unpaired) electrons. The van der Waals surface area contributed by atoms with E-state index < -0.39 is 6.00 Å². The lowest BCUT2D eigenvalue weighted by atomic mass is 10.5. The van der Waals surface area contributed by atoms with E-state index >= 15 is 0 Å². The first kappa shape index (κ1) is 11.9. The summed E-state index contributed by atoms with van der Waals surface area (Å²) in [7, 11) is 0.872. The second kappa shape index (κ2) is 4.80. The van der Waals surface area contributed by atoms with Crippen molar-refractivity contribution in [3.63, 3.8) is 0 Å². The van der Waals surface area contributed by atoms with E-state index in [1.54, 1.807) is 0 Å². The van der Waals surface area contributed by atoms with Crippen LogP contribution in [0, 0.1) is 0 Å². The minimum Gasteiger partial charge on any atom is -0.126 e. The van der Waals surface area contributed by atoms with Gasteiger partial charge in [-0.05, 0) is 11.6 Å². The van der Waals surface area contributed by atoms with Crippen LogP contribution in [0.5, 0.6) is 0 Å². The van der Waals surface area contributed by atoms with E-state index in [9.17, 15) is 0 Å². The van der Waals surface area contributed by atoms with Crippen LogP contribution in [0.25, 0.3) is 0 Å². The summed E-state index contributed by atoms with van der Waals surface area (Å²) in [5.41, 5.74) is 0.197. The van der Waals surface area contributed by atoms with Crippen molar-refractivity contribution in [2.24, 2.45) is 0 Å². The Morgan fingerprint density at radius 3 is 1.70 bits per heavy atom. The Morgan fingerprint density at radius 1 is 1.20 bits per heavy atom. The van der Waals surface area contributed by atoms with Crippen LogP contribution >= 0.6 is 56.4 Å². The Labute approximate surface area is 88.7 Å². The zero-order valence-corrected chi connectivity index (χ0v) is 12.0. The normalized spacial score (nSPS) is 16.2. The molecule has 0 heterocycles. The molecule has 62 valence electrons. The zero-order chi connectivity index (χ0) is 8.36. The topological polar surface area (TPSA) is 0 Å². The number of rotatable bonds is 3. The predicted molar refractivity (Wildman–Crippen MR) is 57.3 cm³/mol. The van der Waals surface area contributed by atoms with Gasteiger partial charge in [0.15, 0.2) is 0 Å². The second-order valence-corrected chi connectivity index (χ2v) is 14.0. The first-order chi connectivity index (χ1) is 4.33. The van der Waals surface area contributed by atoms with E-state index in [0.29, 0.717) is 6.04 Å². The first-order valence-corrected chi connectivity index (χ1v) is 9.95. The molecule has 0 aliphatic heterocycles. The van der Waals surface area contributed by atoms with Gasteiger partial charge in [0, 0.05) is 10.2 Å². The molecular weight excluding hydrogens is 269 g/mol. The molecule has 0 N–H and O–H groups in total. The van der Waals surface area contributed by atoms with E-state index in [0.717, 1.165) is 10.2 Å². The van der Waals surface area contributed by atoms with Gasteiger partial charge in [0.1, 0.15) is 4.84 Å². The van der Waals surface area contributed by atoms with Crippen LogP contribution in [-0.2, 0) is 0 Å². The maximum atomic E-state index is 5.65. The largest absolute Gasteiger partial charge is 0.341 e. The summed E-state index contributed by atoms with van der Waals surface area (Å²) in [6, 6.07) is -1.93. The molecule has 0 bridgehead atoms. The van der Waals surface area contributed by atoms with Crippen molar-refractivity contribution in [1.82, 2.24) is 0 Å². The molecule has 7 heteroatoms. The highest BCUT2D eigenvalue weighted by molar-refractivity contribution is 7.64. The van der Waals surface area contributed by atoms with Gasteiger partial charge in [-0.25, -0.2) is 0 Å². The van der Waals surface area contributed by atoms with Gasteiger partial charge in [0.05, 0.1) is 0 Å². The van der Waals surface area contributed by atoms with Crippen LogP contribution in [0.4, 0.5) is 0 Å². The van der Waals surface area contributed by atoms with E-state index in [1.807, 2.05) is 0 Å². The van der Waals surface area contributed by atoms with Crippen LogP contribution in [-0.4, -0.2) is 21.1 Å². The van der Waals surface area contributed by atoms with E-state index in [2.05, 4.69) is 0 Å². The molecule has 0 rings (SSSR count). The second-order valence-electron chi connectivity index (χ2n) is 2.13. The molecule has 0 amide bonds. The average Bonchev–Trinajstić information content (AvgIpc) is 1.60. The highest BCUT2D eigenvalue weighted by Gasteiger charge is 2.29. The molecule has 0 nitrogen and oxygen atoms in total. The first-order valence-electron chi connectivity index (χ1n) is 2.68. The molecule has 0 saturated heterocycles. The van der Waals surface area contributed by atoms with Gasteiger partial charge < -0.3 is 0 Å². The van der Waals surface area contributed by atoms with Crippen LogP contribution in [0.3, 0.4) is 0 Å². The maximum absolute atomic E-state index is 5.65. The molecular formula is C3H7Cl5Si2. The number of hydrogen-bond donors (Lipinski definition) is 0. The fourth-order valence-corrected chi connectivity index (χ4v) is 8.25. The molecule has 0 spiro atoms. The van der Waals surface area contributed by atoms with Gasteiger partial charge >= 0.3 is 6.00 Å². The van der Waals surface area contributed by atoms with Crippen molar-refractivity contribution in [3.05, 3.63) is 0 Å². The Bertz CT molecular complexity index is 99.6. The molecule has 0 saturated carbocycles. The van der Waals surface area contributed by atoms with Crippen LogP contribution in [0.1, 0.15) is 0 Å². The molecule has 1 atom stereocenters. The monoisotopic (exact) mass is 274 g/mol. The molecule has 0 fully saturated rings. The Balaban J connectivity index is 3.68. The van der Waals surface area contributed by atoms with Crippen molar-refractivity contribution in [1.29, 1.82) is 0 Å². The van der Waals surface area contributed by atoms with Gasteiger partial charge in [-0.1, -0.05) is 0 Å². The lowest BCUT2D eigenvalue weighted by molar-refractivity contribution is 1.02. The third-order valence-corrected chi connectivity index (χ3v) is 7.08. The zero-order valence-electron chi connectivity index (χ0n) is 5.25. The van der Waals surface area contributed by atoms with Gasteiger partial charge in [0.25, 0.3) is 0 Å². The summed E-state index contributed by atoms with van der Waals surface area (Å²) in [6.07, 6.45) is 0. The van der Waals surface area contributed by atoms with Gasteiger partial charge in [-0.2, -0.15) is 0 Å². The molecule has 0 aromatic carbocycles. The van der Waals surface area contributed by atoms with Crippen molar-refractivity contribution < 1.29 is 0 Å². The van der Waals surface area contributed by atoms with Crippen LogP contribution < -0.4 is 0 Å². The maximum Gasteiger partial charge on any atom is 0.341 e. The minimum atomic E-state index is -2.50. The Hall–Kier alpha value is 1.88. The standard InChI is InChI=1S/C3H7Cl5Si2/c4-3(5)2(9)1-10(6,7)8/h2-3H,1H2,9H3. The third kappa shape index (κ3) is 6.59. The van der Waals surface area contributed by atoms with Crippen molar-refractivity contribution in [2.75, 3.05) is 0 Å². The lowest BCUT2D eigenvalue weighted by Crippen LogP contribution is -2.16. The smallest absolute Gasteiger partial charge is 0.126 e. The molecule has 0 aliphatic carbocycles. The average molecular weight is 277 g/mol. The van der Waals surface area contributed by atoms with Crippen molar-refractivity contribution in [2.45, 2.75) is 16.4 Å². The van der Waals surface area contributed by atoms with Gasteiger partial charge in [0.2, 0.25) is 0 Å². The van der Waals surface area contributed by atoms with Gasteiger partial charge in [-0.15, -0.1) is 56.4 Å². The fourth-order valence-electron chi connectivity index (χ4n) is 0.454. The summed E-state index contributed by atoms with van der Waals surface area (Å²) < 4.78 is 0. The number of alkyl halides is 2. The molecule has 1 unspecified atom stereocenters. The quantitative estimate of drug-likeness (QED) is 0.422. The van der Waals surface area contributed by atoms with Crippen molar-refractivity contribution >= 4 is 72.7 Å². The Morgan fingerprint density at radius 2 is 1.60 bits per heavy atom. The molecule has 0 aromatic heterocycles. The van der Waals surface area contributed by atoms with E-state index in [-0.39, 0.29) is 10.4 Å². The predicted octanol–water partition coefficient (Wildman–Crippen LogP) is 2.60. The third-order valence-electron chi connectivity index (χ3n) is 0.984. The SMILES string of the molecule is [SiH3]C(C[Si](Cl)(Cl)Cl)C(Cl)Cl. The number of hydrogen-bond acceptors (Lipinski definition) is 0. The highest BCUT2D eigenvalue weighted by atomic mass is 35.8.